The van der Waals surface area contributed by atoms with Gasteiger partial charge in [-0.05, 0) is 35.0 Å². The minimum Gasteiger partial charge on any atom is -0.290 e. The second-order valence-electron chi connectivity index (χ2n) is 4.84. The van der Waals surface area contributed by atoms with E-state index in [2.05, 4.69) is 20.6 Å². The van der Waals surface area contributed by atoms with Crippen LogP contribution >= 0.6 is 11.3 Å². The van der Waals surface area contributed by atoms with Crippen LogP contribution in [0.5, 0.6) is 0 Å². The van der Waals surface area contributed by atoms with Crippen molar-refractivity contribution >= 4 is 22.9 Å². The number of rotatable bonds is 6. The number of benzene rings is 1. The minimum atomic E-state index is -0.757. The highest BCUT2D eigenvalue weighted by atomic mass is 32.1. The molecule has 3 rings (SSSR count). The summed E-state index contributed by atoms with van der Waals surface area (Å²) in [5.74, 6) is -1.84. The summed E-state index contributed by atoms with van der Waals surface area (Å²) >= 11 is 1.44. The maximum absolute atomic E-state index is 12.9. The van der Waals surface area contributed by atoms with E-state index in [9.17, 15) is 14.0 Å². The Morgan fingerprint density at radius 2 is 1.83 bits per heavy atom. The third-order valence-corrected chi connectivity index (χ3v) is 4.23. The van der Waals surface area contributed by atoms with Crippen molar-refractivity contribution in [1.82, 2.24) is 20.6 Å². The predicted molar refractivity (Wildman–Crippen MR) is 80.7 cm³/mol. The zero-order valence-corrected chi connectivity index (χ0v) is 12.6. The molecule has 2 heterocycles. The Hall–Kier alpha value is -2.74. The van der Waals surface area contributed by atoms with Gasteiger partial charge in [-0.15, -0.1) is 21.5 Å². The molecule has 0 fully saturated rings. The van der Waals surface area contributed by atoms with E-state index in [0.29, 0.717) is 6.42 Å². The summed E-state index contributed by atoms with van der Waals surface area (Å²) in [7, 11) is 0. The molecule has 23 heavy (non-hydrogen) atoms. The van der Waals surface area contributed by atoms with Crippen LogP contribution in [0.15, 0.2) is 36.4 Å². The van der Waals surface area contributed by atoms with Crippen LogP contribution in [0.2, 0.25) is 0 Å². The van der Waals surface area contributed by atoms with Crippen LogP contribution in [0.25, 0.3) is 0 Å². The van der Waals surface area contributed by atoms with Crippen LogP contribution in [0.4, 0.5) is 4.39 Å². The second kappa shape index (κ2) is 6.57. The lowest BCUT2D eigenvalue weighted by Crippen LogP contribution is -2.17. The van der Waals surface area contributed by atoms with Crippen molar-refractivity contribution in [3.05, 3.63) is 63.4 Å². The molecule has 0 bridgehead atoms. The number of tetrazole rings is 1. The van der Waals surface area contributed by atoms with E-state index in [1.807, 2.05) is 12.1 Å². The highest BCUT2D eigenvalue weighted by molar-refractivity contribution is 7.12. The molecule has 0 spiro atoms. The Kier molecular flexibility index (Phi) is 4.33. The first-order chi connectivity index (χ1) is 11.1. The molecule has 0 amide bonds. The Bertz CT molecular complexity index is 828. The summed E-state index contributed by atoms with van der Waals surface area (Å²) in [6.45, 7) is 0. The fraction of sp³-hybridized carbons (Fsp3) is 0.133. The van der Waals surface area contributed by atoms with Gasteiger partial charge in [0.25, 0.3) is 5.78 Å². The molecule has 116 valence electrons. The zero-order valence-electron chi connectivity index (χ0n) is 11.8. The SMILES string of the molecule is O=C(Cc1ccc(Cc2ccc(F)cc2)s1)C(=O)c1nn[nH]n1. The summed E-state index contributed by atoms with van der Waals surface area (Å²) in [5.41, 5.74) is 0.981. The number of carbonyl (C=O) groups excluding carboxylic acids is 2. The number of thiophene rings is 1. The molecule has 2 aromatic heterocycles. The van der Waals surface area contributed by atoms with Crippen molar-refractivity contribution in [3.63, 3.8) is 0 Å². The van der Waals surface area contributed by atoms with Gasteiger partial charge in [-0.3, -0.25) is 9.59 Å². The third kappa shape index (κ3) is 3.72. The van der Waals surface area contributed by atoms with Crippen LogP contribution in [0, 0.1) is 5.82 Å². The van der Waals surface area contributed by atoms with Crippen molar-refractivity contribution < 1.29 is 14.0 Å². The number of aromatic amines is 1. The molecule has 0 saturated heterocycles. The molecule has 0 aliphatic rings. The molecule has 1 N–H and O–H groups in total. The molecular weight excluding hydrogens is 319 g/mol. The van der Waals surface area contributed by atoms with E-state index in [0.717, 1.165) is 15.3 Å². The Morgan fingerprint density at radius 1 is 1.09 bits per heavy atom. The monoisotopic (exact) mass is 330 g/mol. The number of Topliss-reactive ketones (excluding diaryl/α,β-unsaturated/α-hetero) is 2. The summed E-state index contributed by atoms with van der Waals surface area (Å²) in [5, 5.41) is 12.4. The van der Waals surface area contributed by atoms with Gasteiger partial charge in [-0.1, -0.05) is 12.1 Å². The fourth-order valence-electron chi connectivity index (χ4n) is 2.04. The van der Waals surface area contributed by atoms with Gasteiger partial charge >= 0.3 is 0 Å². The molecular formula is C15H11FN4O2S. The number of H-pyrrole nitrogens is 1. The quantitative estimate of drug-likeness (QED) is 0.551. The van der Waals surface area contributed by atoms with Gasteiger partial charge in [0.05, 0.1) is 0 Å². The van der Waals surface area contributed by atoms with Gasteiger partial charge in [-0.25, -0.2) is 4.39 Å². The standard InChI is InChI=1S/C15H11FN4O2S/c16-10-3-1-9(2-4-10)7-11-5-6-12(23-11)8-13(21)14(22)15-17-19-20-18-15/h1-6H,7-8H2,(H,17,18,19,20). The maximum Gasteiger partial charge on any atom is 0.269 e. The Balaban J connectivity index is 1.64. The van der Waals surface area contributed by atoms with E-state index < -0.39 is 11.6 Å². The fourth-order valence-corrected chi connectivity index (χ4v) is 3.09. The van der Waals surface area contributed by atoms with Crippen molar-refractivity contribution in [2.75, 3.05) is 0 Å². The van der Waals surface area contributed by atoms with Crippen LogP contribution in [0.1, 0.15) is 25.9 Å². The van der Waals surface area contributed by atoms with Crippen molar-refractivity contribution in [2.45, 2.75) is 12.8 Å². The molecule has 0 atom stereocenters. The largest absolute Gasteiger partial charge is 0.290 e. The Labute approximate surface area is 134 Å². The average Bonchev–Trinajstić information content (AvgIpc) is 3.21. The third-order valence-electron chi connectivity index (χ3n) is 3.15. The average molecular weight is 330 g/mol. The number of hydrogen-bond acceptors (Lipinski definition) is 6. The predicted octanol–water partition coefficient (Wildman–Crippen LogP) is 1.99. The molecule has 0 radical (unpaired) electrons. The van der Waals surface area contributed by atoms with Gasteiger partial charge in [0.15, 0.2) is 0 Å². The lowest BCUT2D eigenvalue weighted by Gasteiger charge is -1.98. The molecule has 3 aromatic rings. The summed E-state index contributed by atoms with van der Waals surface area (Å²) in [6.07, 6.45) is 0.652. The highest BCUT2D eigenvalue weighted by Crippen LogP contribution is 2.21. The number of carbonyl (C=O) groups is 2. The lowest BCUT2D eigenvalue weighted by molar-refractivity contribution is -0.114. The molecule has 0 aliphatic carbocycles. The molecule has 6 nitrogen and oxygen atoms in total. The first-order valence-electron chi connectivity index (χ1n) is 6.75. The topological polar surface area (TPSA) is 88.6 Å². The molecule has 0 saturated carbocycles. The molecule has 0 aliphatic heterocycles. The summed E-state index contributed by atoms with van der Waals surface area (Å²) in [4.78, 5) is 25.5. The molecule has 8 heteroatoms. The van der Waals surface area contributed by atoms with E-state index >= 15 is 0 Å². The number of nitrogens with one attached hydrogen (secondary N) is 1. The van der Waals surface area contributed by atoms with Gasteiger partial charge in [0.1, 0.15) is 5.82 Å². The van der Waals surface area contributed by atoms with Crippen molar-refractivity contribution in [3.8, 4) is 0 Å². The van der Waals surface area contributed by atoms with Gasteiger partial charge < -0.3 is 0 Å². The number of ketones is 2. The minimum absolute atomic E-state index is 0.00145. The van der Waals surface area contributed by atoms with E-state index in [-0.39, 0.29) is 18.1 Å². The molecule has 0 unspecified atom stereocenters. The lowest BCUT2D eigenvalue weighted by atomic mass is 10.1. The van der Waals surface area contributed by atoms with E-state index in [4.69, 9.17) is 0 Å². The van der Waals surface area contributed by atoms with E-state index in [1.165, 1.54) is 23.5 Å². The summed E-state index contributed by atoms with van der Waals surface area (Å²) < 4.78 is 12.9. The van der Waals surface area contributed by atoms with Gasteiger partial charge in [0.2, 0.25) is 11.6 Å². The summed E-state index contributed by atoms with van der Waals surface area (Å²) in [6, 6.07) is 9.98. The highest BCUT2D eigenvalue weighted by Gasteiger charge is 2.21. The molecule has 1 aromatic carbocycles. The normalized spacial score (nSPS) is 10.7. The van der Waals surface area contributed by atoms with Crippen molar-refractivity contribution in [2.24, 2.45) is 0 Å². The van der Waals surface area contributed by atoms with Gasteiger partial charge in [-0.2, -0.15) is 5.21 Å². The van der Waals surface area contributed by atoms with Crippen LogP contribution in [-0.2, 0) is 17.6 Å². The second-order valence-corrected chi connectivity index (χ2v) is 6.09. The van der Waals surface area contributed by atoms with Crippen molar-refractivity contribution in [1.29, 1.82) is 0 Å². The number of aromatic nitrogens is 4. The maximum atomic E-state index is 12.9. The smallest absolute Gasteiger partial charge is 0.269 e. The first-order valence-corrected chi connectivity index (χ1v) is 7.56. The number of nitrogens with zero attached hydrogens (tertiary/aromatic N) is 3. The van der Waals surface area contributed by atoms with Crippen LogP contribution in [-0.4, -0.2) is 32.2 Å². The number of halogens is 1. The Morgan fingerprint density at radius 3 is 2.52 bits per heavy atom. The van der Waals surface area contributed by atoms with Crippen LogP contribution in [0.3, 0.4) is 0 Å². The number of hydrogen-bond donors (Lipinski definition) is 1. The van der Waals surface area contributed by atoms with E-state index in [1.54, 1.807) is 12.1 Å². The first kappa shape index (κ1) is 15.2. The van der Waals surface area contributed by atoms with Crippen LogP contribution < -0.4 is 0 Å². The zero-order chi connectivity index (χ0) is 16.2. The van der Waals surface area contributed by atoms with Gasteiger partial charge in [0, 0.05) is 22.6 Å².